The molecule has 0 spiro atoms. The third-order valence-corrected chi connectivity index (χ3v) is 5.02. The van der Waals surface area contributed by atoms with Crippen LogP contribution in [0.3, 0.4) is 0 Å². The van der Waals surface area contributed by atoms with Gasteiger partial charge in [-0.25, -0.2) is 14.8 Å². The van der Waals surface area contributed by atoms with Gasteiger partial charge in [0.25, 0.3) is 0 Å². The molecule has 0 radical (unpaired) electrons. The molecule has 27 heavy (non-hydrogen) atoms. The molecule has 1 aromatic heterocycles. The highest BCUT2D eigenvalue weighted by atomic mass is 32.2. The summed E-state index contributed by atoms with van der Waals surface area (Å²) >= 11 is 1.27. The van der Waals surface area contributed by atoms with Crippen molar-refractivity contribution in [2.45, 2.75) is 12.7 Å². The number of nitrogens with zero attached hydrogens (tertiary/aromatic N) is 3. The summed E-state index contributed by atoms with van der Waals surface area (Å²) < 4.78 is 5.46. The van der Waals surface area contributed by atoms with E-state index in [1.807, 2.05) is 25.1 Å². The third-order valence-electron chi connectivity index (χ3n) is 4.38. The van der Waals surface area contributed by atoms with E-state index in [2.05, 4.69) is 27.9 Å². The Labute approximate surface area is 163 Å². The molecule has 0 atom stereocenters. The van der Waals surface area contributed by atoms with Gasteiger partial charge in [-0.05, 0) is 42.4 Å². The quantitative estimate of drug-likeness (QED) is 0.605. The molecule has 2 N–H and O–H groups in total. The van der Waals surface area contributed by atoms with Gasteiger partial charge in [-0.3, -0.25) is 0 Å². The Morgan fingerprint density at radius 2 is 2.04 bits per heavy atom. The lowest BCUT2D eigenvalue weighted by Crippen LogP contribution is -2.37. The van der Waals surface area contributed by atoms with E-state index >= 15 is 0 Å². The van der Waals surface area contributed by atoms with Gasteiger partial charge in [0.1, 0.15) is 11.6 Å². The first-order valence-corrected chi connectivity index (χ1v) is 10.5. The lowest BCUT2D eigenvalue weighted by molar-refractivity contribution is 0.122. The molecule has 0 saturated carbocycles. The molecule has 1 fully saturated rings. The van der Waals surface area contributed by atoms with Crippen molar-refractivity contribution in [1.82, 2.24) is 15.3 Å². The highest BCUT2D eigenvalue weighted by molar-refractivity contribution is 7.76. The van der Waals surface area contributed by atoms with Gasteiger partial charge in [-0.1, -0.05) is 0 Å². The molecule has 8 heteroatoms. The minimum absolute atomic E-state index is 0.236. The van der Waals surface area contributed by atoms with Crippen LogP contribution in [0.1, 0.15) is 11.3 Å². The van der Waals surface area contributed by atoms with Crippen molar-refractivity contribution >= 4 is 29.3 Å². The van der Waals surface area contributed by atoms with Crippen LogP contribution >= 0.6 is 0 Å². The van der Waals surface area contributed by atoms with E-state index in [-0.39, 0.29) is 6.03 Å². The number of rotatable bonds is 5. The molecule has 0 unspecified atom stereocenters. The number of hydrogen-bond acceptors (Lipinski definition) is 5. The second-order valence-electron chi connectivity index (χ2n) is 6.35. The number of aromatic nitrogens is 2. The first-order chi connectivity index (χ1) is 13.1. The normalized spacial score (nSPS) is 14.1. The number of carbonyl (C=O) groups is 1. The van der Waals surface area contributed by atoms with Crippen molar-refractivity contribution in [2.24, 2.45) is 0 Å². The van der Waals surface area contributed by atoms with Crippen LogP contribution < -0.4 is 15.5 Å². The lowest BCUT2D eigenvalue weighted by atomic mass is 10.1. The van der Waals surface area contributed by atoms with E-state index in [1.165, 1.54) is 11.8 Å². The molecule has 144 valence electrons. The Morgan fingerprint density at radius 3 is 2.70 bits per heavy atom. The fourth-order valence-corrected chi connectivity index (χ4v) is 3.42. The Bertz CT molecular complexity index is 809. The number of carbonyl (C=O) groups excluding carboxylic acids is 1. The summed E-state index contributed by atoms with van der Waals surface area (Å²) in [4.78, 5) is 23.4. The number of thiol groups is 1. The standard InChI is InChI=1S/C19H25N5O2S/c1-13-10-14(4-5-16(13)22-19(25)20-2)18-21-15(12-27-3)11-17(23-18)24-6-8-26-9-7-24/h4-5,10-11H,6-9,12H2,1-3H3,(H2,20,22,25)/p+1. The zero-order valence-electron chi connectivity index (χ0n) is 16.0. The van der Waals surface area contributed by atoms with Crippen LogP contribution in [0.15, 0.2) is 24.3 Å². The monoisotopic (exact) mass is 388 g/mol. The van der Waals surface area contributed by atoms with Crippen LogP contribution in [-0.4, -0.2) is 55.6 Å². The predicted molar refractivity (Wildman–Crippen MR) is 112 cm³/mol. The topological polar surface area (TPSA) is 79.4 Å². The van der Waals surface area contributed by atoms with Crippen molar-refractivity contribution in [3.8, 4) is 11.4 Å². The Balaban J connectivity index is 1.93. The molecule has 3 rings (SSSR count). The second-order valence-corrected chi connectivity index (χ2v) is 7.30. The smallest absolute Gasteiger partial charge is 0.318 e. The summed E-state index contributed by atoms with van der Waals surface area (Å²) in [5.41, 5.74) is 3.72. The Hall–Kier alpha value is -2.32. The maximum atomic E-state index is 11.6. The van der Waals surface area contributed by atoms with Gasteiger partial charge in [0.2, 0.25) is 0 Å². The number of morpholine rings is 1. The molecular formula is C19H26N5O2S+. The number of amides is 2. The van der Waals surface area contributed by atoms with Gasteiger partial charge in [0.05, 0.1) is 25.2 Å². The molecule has 1 saturated heterocycles. The maximum Gasteiger partial charge on any atom is 0.318 e. The lowest BCUT2D eigenvalue weighted by Gasteiger charge is -2.28. The first kappa shape index (κ1) is 19.4. The van der Waals surface area contributed by atoms with Gasteiger partial charge in [0, 0.05) is 37.5 Å². The summed E-state index contributed by atoms with van der Waals surface area (Å²) in [5, 5.41) is 5.38. The fraction of sp³-hybridized carbons (Fsp3) is 0.421. The average Bonchev–Trinajstić information content (AvgIpc) is 2.70. The SMILES string of the molecule is CNC(=O)Nc1ccc(-c2nc(C[SH+]C)cc(N3CCOCC3)n2)cc1C. The average molecular weight is 389 g/mol. The molecular weight excluding hydrogens is 362 g/mol. The molecule has 7 nitrogen and oxygen atoms in total. The van der Waals surface area contributed by atoms with Crippen LogP contribution in [0.2, 0.25) is 0 Å². The van der Waals surface area contributed by atoms with Crippen molar-refractivity contribution in [2.75, 3.05) is 49.8 Å². The minimum Gasteiger partial charge on any atom is -0.378 e. The molecule has 1 aromatic carbocycles. The molecule has 2 amide bonds. The van der Waals surface area contributed by atoms with Crippen LogP contribution in [0.5, 0.6) is 0 Å². The predicted octanol–water partition coefficient (Wildman–Crippen LogP) is 1.98. The summed E-state index contributed by atoms with van der Waals surface area (Å²) in [6, 6.07) is 7.70. The number of urea groups is 1. The van der Waals surface area contributed by atoms with Crippen molar-refractivity contribution in [3.63, 3.8) is 0 Å². The third kappa shape index (κ3) is 4.90. The van der Waals surface area contributed by atoms with E-state index in [1.54, 1.807) is 7.05 Å². The van der Waals surface area contributed by atoms with E-state index in [9.17, 15) is 4.79 Å². The summed E-state index contributed by atoms with van der Waals surface area (Å²) in [7, 11) is 1.60. The summed E-state index contributed by atoms with van der Waals surface area (Å²) in [6.07, 6.45) is 2.12. The molecule has 1 aliphatic heterocycles. The van der Waals surface area contributed by atoms with Crippen LogP contribution in [-0.2, 0) is 22.3 Å². The van der Waals surface area contributed by atoms with Gasteiger partial charge < -0.3 is 20.3 Å². The van der Waals surface area contributed by atoms with Crippen LogP contribution in [0.25, 0.3) is 11.4 Å². The fourth-order valence-electron chi connectivity index (χ4n) is 2.94. The highest BCUT2D eigenvalue weighted by Gasteiger charge is 2.17. The highest BCUT2D eigenvalue weighted by Crippen LogP contribution is 2.25. The number of nitrogens with one attached hydrogen (secondary N) is 2. The van der Waals surface area contributed by atoms with E-state index in [4.69, 9.17) is 14.7 Å². The number of anilines is 2. The van der Waals surface area contributed by atoms with Crippen LogP contribution in [0.4, 0.5) is 16.3 Å². The van der Waals surface area contributed by atoms with Gasteiger partial charge in [-0.15, -0.1) is 0 Å². The van der Waals surface area contributed by atoms with Crippen molar-refractivity contribution in [1.29, 1.82) is 0 Å². The minimum atomic E-state index is -0.236. The number of aryl methyl sites for hydroxylation is 1. The second kappa shape index (κ2) is 9.05. The molecule has 1 aliphatic rings. The largest absolute Gasteiger partial charge is 0.378 e. The number of hydrogen-bond donors (Lipinski definition) is 2. The van der Waals surface area contributed by atoms with Gasteiger partial charge >= 0.3 is 6.03 Å². The Kier molecular flexibility index (Phi) is 6.52. The van der Waals surface area contributed by atoms with Crippen molar-refractivity contribution < 1.29 is 9.53 Å². The number of benzene rings is 1. The molecule has 2 aromatic rings. The zero-order chi connectivity index (χ0) is 19.2. The van der Waals surface area contributed by atoms with Crippen molar-refractivity contribution in [3.05, 3.63) is 35.5 Å². The maximum absolute atomic E-state index is 11.6. The van der Waals surface area contributed by atoms with E-state index in [0.29, 0.717) is 5.82 Å². The first-order valence-electron chi connectivity index (χ1n) is 8.96. The van der Waals surface area contributed by atoms with E-state index in [0.717, 1.165) is 60.4 Å². The number of ether oxygens (including phenoxy) is 1. The van der Waals surface area contributed by atoms with Gasteiger partial charge in [-0.2, -0.15) is 0 Å². The van der Waals surface area contributed by atoms with Crippen LogP contribution in [0, 0.1) is 6.92 Å². The molecule has 0 aliphatic carbocycles. The van der Waals surface area contributed by atoms with E-state index < -0.39 is 0 Å². The Morgan fingerprint density at radius 1 is 1.26 bits per heavy atom. The summed E-state index contributed by atoms with van der Waals surface area (Å²) in [5.74, 6) is 2.56. The van der Waals surface area contributed by atoms with Gasteiger partial charge in [0.15, 0.2) is 5.82 Å². The zero-order valence-corrected chi connectivity index (χ0v) is 16.8. The molecule has 0 bridgehead atoms. The summed E-state index contributed by atoms with van der Waals surface area (Å²) in [6.45, 7) is 5.09. The molecule has 2 heterocycles.